The molecule has 2 aromatic rings. The van der Waals surface area contributed by atoms with Gasteiger partial charge in [-0.3, -0.25) is 0 Å². The molecule has 0 spiro atoms. The van der Waals surface area contributed by atoms with Crippen LogP contribution in [-0.4, -0.2) is 38.5 Å². The van der Waals surface area contributed by atoms with Gasteiger partial charge in [0.25, 0.3) is 0 Å². The SMILES string of the molecule is C[C@@H]1CCCN1CCc1ccc(-c2ccc(S(=O)(=O)NC3CC3)cc2)cc1. The van der Waals surface area contributed by atoms with E-state index in [-0.39, 0.29) is 6.04 Å². The highest BCUT2D eigenvalue weighted by Gasteiger charge is 2.27. The van der Waals surface area contributed by atoms with Crippen LogP contribution in [0.2, 0.25) is 0 Å². The maximum absolute atomic E-state index is 12.3. The summed E-state index contributed by atoms with van der Waals surface area (Å²) < 4.78 is 27.2. The van der Waals surface area contributed by atoms with Gasteiger partial charge in [-0.15, -0.1) is 0 Å². The van der Waals surface area contributed by atoms with E-state index in [1.54, 1.807) is 12.1 Å². The molecule has 1 atom stereocenters. The number of hydrogen-bond acceptors (Lipinski definition) is 3. The molecule has 0 amide bonds. The second-order valence-corrected chi connectivity index (χ2v) is 9.61. The minimum absolute atomic E-state index is 0.130. The molecule has 1 saturated carbocycles. The monoisotopic (exact) mass is 384 g/mol. The summed E-state index contributed by atoms with van der Waals surface area (Å²) in [6, 6.07) is 16.7. The third-order valence-corrected chi connectivity index (χ3v) is 7.27. The molecule has 1 aliphatic carbocycles. The van der Waals surface area contributed by atoms with Crippen LogP contribution in [0, 0.1) is 0 Å². The molecule has 2 aliphatic rings. The highest BCUT2D eigenvalue weighted by Crippen LogP contribution is 2.25. The van der Waals surface area contributed by atoms with Gasteiger partial charge in [0.05, 0.1) is 4.90 Å². The predicted molar refractivity (Wildman–Crippen MR) is 109 cm³/mol. The first-order chi connectivity index (χ1) is 13.0. The van der Waals surface area contributed by atoms with Gasteiger partial charge in [-0.05, 0) is 74.4 Å². The standard InChI is InChI=1S/C22H28N2O2S/c1-17-3-2-15-24(17)16-14-18-4-6-19(7-5-18)20-8-12-22(13-9-20)27(25,26)23-21-10-11-21/h4-9,12-13,17,21,23H,2-3,10-11,14-16H2,1H3/t17-/m1/s1. The Balaban J connectivity index is 1.39. The lowest BCUT2D eigenvalue weighted by atomic mass is 10.0. The van der Waals surface area contributed by atoms with Crippen LogP contribution < -0.4 is 4.72 Å². The first kappa shape index (κ1) is 18.7. The Bertz CT molecular complexity index is 872. The number of rotatable bonds is 7. The van der Waals surface area contributed by atoms with Crippen LogP contribution >= 0.6 is 0 Å². The number of nitrogens with one attached hydrogen (secondary N) is 1. The van der Waals surface area contributed by atoms with Crippen molar-refractivity contribution in [3.05, 3.63) is 54.1 Å². The summed E-state index contributed by atoms with van der Waals surface area (Å²) in [6.45, 7) is 4.67. The fourth-order valence-corrected chi connectivity index (χ4v) is 5.08. The molecule has 4 rings (SSSR count). The molecule has 0 unspecified atom stereocenters. The first-order valence-electron chi connectivity index (χ1n) is 9.97. The fraction of sp³-hybridized carbons (Fsp3) is 0.455. The topological polar surface area (TPSA) is 49.4 Å². The minimum Gasteiger partial charge on any atom is -0.300 e. The molecular formula is C22H28N2O2S. The second-order valence-electron chi connectivity index (χ2n) is 7.89. The number of likely N-dealkylation sites (tertiary alicyclic amines) is 1. The largest absolute Gasteiger partial charge is 0.300 e. The average molecular weight is 385 g/mol. The van der Waals surface area contributed by atoms with Crippen LogP contribution in [0.3, 0.4) is 0 Å². The van der Waals surface area contributed by atoms with Crippen molar-refractivity contribution in [2.75, 3.05) is 13.1 Å². The summed E-state index contributed by atoms with van der Waals surface area (Å²) >= 11 is 0. The van der Waals surface area contributed by atoms with Crippen molar-refractivity contribution in [1.29, 1.82) is 0 Å². The molecular weight excluding hydrogens is 356 g/mol. The second kappa shape index (κ2) is 7.74. The quantitative estimate of drug-likeness (QED) is 0.789. The van der Waals surface area contributed by atoms with Crippen molar-refractivity contribution in [1.82, 2.24) is 9.62 Å². The molecule has 4 nitrogen and oxygen atoms in total. The van der Waals surface area contributed by atoms with Crippen LogP contribution in [0.5, 0.6) is 0 Å². The molecule has 27 heavy (non-hydrogen) atoms. The number of sulfonamides is 1. The average Bonchev–Trinajstić information content (AvgIpc) is 3.38. The van der Waals surface area contributed by atoms with E-state index in [2.05, 4.69) is 40.8 Å². The van der Waals surface area contributed by atoms with E-state index in [0.717, 1.165) is 36.9 Å². The number of hydrogen-bond donors (Lipinski definition) is 1. The normalized spacial score (nSPS) is 20.9. The molecule has 0 aromatic heterocycles. The van der Waals surface area contributed by atoms with Gasteiger partial charge in [0, 0.05) is 18.6 Å². The van der Waals surface area contributed by atoms with E-state index in [9.17, 15) is 8.42 Å². The maximum atomic E-state index is 12.3. The molecule has 2 fully saturated rings. The Labute approximate surface area is 162 Å². The van der Waals surface area contributed by atoms with Crippen molar-refractivity contribution in [3.8, 4) is 11.1 Å². The summed E-state index contributed by atoms with van der Waals surface area (Å²) in [5, 5.41) is 0. The molecule has 1 heterocycles. The molecule has 1 aliphatic heterocycles. The Morgan fingerprint density at radius 3 is 2.15 bits per heavy atom. The summed E-state index contributed by atoms with van der Waals surface area (Å²) in [6.07, 6.45) is 5.61. The van der Waals surface area contributed by atoms with Gasteiger partial charge < -0.3 is 4.90 Å². The van der Waals surface area contributed by atoms with Crippen molar-refractivity contribution in [3.63, 3.8) is 0 Å². The Hall–Kier alpha value is -1.69. The smallest absolute Gasteiger partial charge is 0.240 e. The van der Waals surface area contributed by atoms with Gasteiger partial charge in [0.2, 0.25) is 10.0 Å². The van der Waals surface area contributed by atoms with Gasteiger partial charge >= 0.3 is 0 Å². The zero-order valence-electron chi connectivity index (χ0n) is 15.9. The first-order valence-corrected chi connectivity index (χ1v) is 11.5. The lowest BCUT2D eigenvalue weighted by Gasteiger charge is -2.20. The summed E-state index contributed by atoms with van der Waals surface area (Å²) in [7, 11) is -3.38. The molecule has 144 valence electrons. The lowest BCUT2D eigenvalue weighted by molar-refractivity contribution is 0.272. The van der Waals surface area contributed by atoms with Crippen molar-refractivity contribution in [2.45, 2.75) is 56.0 Å². The molecule has 0 bridgehead atoms. The van der Waals surface area contributed by atoms with Crippen LogP contribution in [0.15, 0.2) is 53.4 Å². The number of benzene rings is 2. The van der Waals surface area contributed by atoms with Crippen LogP contribution in [-0.2, 0) is 16.4 Å². The van der Waals surface area contributed by atoms with Crippen LogP contribution in [0.1, 0.15) is 38.2 Å². The maximum Gasteiger partial charge on any atom is 0.240 e. The van der Waals surface area contributed by atoms with E-state index in [4.69, 9.17) is 0 Å². The highest BCUT2D eigenvalue weighted by molar-refractivity contribution is 7.89. The van der Waals surface area contributed by atoms with E-state index < -0.39 is 10.0 Å². The fourth-order valence-electron chi connectivity index (χ4n) is 3.78. The van der Waals surface area contributed by atoms with Gasteiger partial charge in [0.1, 0.15) is 0 Å². The van der Waals surface area contributed by atoms with E-state index in [1.807, 2.05) is 12.1 Å². The minimum atomic E-state index is -3.38. The zero-order chi connectivity index (χ0) is 18.9. The van der Waals surface area contributed by atoms with Gasteiger partial charge in [-0.25, -0.2) is 13.1 Å². The van der Waals surface area contributed by atoms with E-state index >= 15 is 0 Å². The molecule has 1 N–H and O–H groups in total. The van der Waals surface area contributed by atoms with Gasteiger partial charge in [-0.2, -0.15) is 0 Å². The highest BCUT2D eigenvalue weighted by atomic mass is 32.2. The van der Waals surface area contributed by atoms with Crippen LogP contribution in [0.4, 0.5) is 0 Å². The Morgan fingerprint density at radius 2 is 1.59 bits per heavy atom. The summed E-state index contributed by atoms with van der Waals surface area (Å²) in [4.78, 5) is 2.91. The Kier molecular flexibility index (Phi) is 5.35. The van der Waals surface area contributed by atoms with Crippen molar-refractivity contribution >= 4 is 10.0 Å². The lowest BCUT2D eigenvalue weighted by Crippen LogP contribution is -2.28. The molecule has 5 heteroatoms. The van der Waals surface area contributed by atoms with Crippen LogP contribution in [0.25, 0.3) is 11.1 Å². The predicted octanol–water partition coefficient (Wildman–Crippen LogP) is 3.82. The summed E-state index contributed by atoms with van der Waals surface area (Å²) in [5.41, 5.74) is 3.51. The summed E-state index contributed by atoms with van der Waals surface area (Å²) in [5.74, 6) is 0. The molecule has 2 aromatic carbocycles. The van der Waals surface area contributed by atoms with Gasteiger partial charge in [0.15, 0.2) is 0 Å². The molecule has 0 radical (unpaired) electrons. The zero-order valence-corrected chi connectivity index (χ0v) is 16.7. The Morgan fingerprint density at radius 1 is 0.963 bits per heavy atom. The van der Waals surface area contributed by atoms with Gasteiger partial charge in [-0.1, -0.05) is 36.4 Å². The van der Waals surface area contributed by atoms with Crippen molar-refractivity contribution < 1.29 is 8.42 Å². The van der Waals surface area contributed by atoms with Crippen molar-refractivity contribution in [2.24, 2.45) is 0 Å². The molecule has 1 saturated heterocycles. The number of nitrogens with zero attached hydrogens (tertiary/aromatic N) is 1. The third kappa shape index (κ3) is 4.60. The van der Waals surface area contributed by atoms with E-state index in [0.29, 0.717) is 10.9 Å². The van der Waals surface area contributed by atoms with E-state index in [1.165, 1.54) is 24.9 Å². The third-order valence-electron chi connectivity index (χ3n) is 5.73.